The van der Waals surface area contributed by atoms with Gasteiger partial charge in [0, 0.05) is 6.54 Å². The minimum atomic E-state index is -0.0586. The predicted molar refractivity (Wildman–Crippen MR) is 79.8 cm³/mol. The van der Waals surface area contributed by atoms with Gasteiger partial charge in [-0.3, -0.25) is 4.79 Å². The summed E-state index contributed by atoms with van der Waals surface area (Å²) < 4.78 is 5.49. The Hall–Kier alpha value is -1.55. The molecule has 0 saturated heterocycles. The lowest BCUT2D eigenvalue weighted by atomic mass is 9.96. The van der Waals surface area contributed by atoms with Gasteiger partial charge in [-0.1, -0.05) is 18.6 Å². The van der Waals surface area contributed by atoms with Crippen LogP contribution in [0.15, 0.2) is 24.3 Å². The third kappa shape index (κ3) is 3.51. The highest BCUT2D eigenvalue weighted by Crippen LogP contribution is 2.30. The van der Waals surface area contributed by atoms with Gasteiger partial charge in [-0.2, -0.15) is 0 Å². The van der Waals surface area contributed by atoms with Gasteiger partial charge < -0.3 is 15.8 Å². The lowest BCUT2D eigenvalue weighted by Crippen LogP contribution is -2.33. The maximum absolute atomic E-state index is 12.3. The molecule has 1 amide bonds. The van der Waals surface area contributed by atoms with Gasteiger partial charge in [0.2, 0.25) is 0 Å². The number of para-hydroxylation sites is 1. The first kappa shape index (κ1) is 14.9. The molecule has 1 aliphatic rings. The third-order valence-electron chi connectivity index (χ3n) is 4.08. The molecule has 1 fully saturated rings. The first-order valence-electron chi connectivity index (χ1n) is 7.46. The van der Waals surface area contributed by atoms with Crippen molar-refractivity contribution >= 4 is 5.91 Å². The molecule has 20 heavy (non-hydrogen) atoms. The number of hydrogen-bond acceptors (Lipinski definition) is 3. The van der Waals surface area contributed by atoms with Crippen LogP contribution in [0, 0.1) is 11.8 Å². The standard InChI is InChI=1S/C16H24N2O2/c1-2-20-15-9-4-3-8-14(15)16(19)18-11-13-7-5-6-12(13)10-17/h3-4,8-9,12-13H,2,5-7,10-11,17H2,1H3,(H,18,19). The highest BCUT2D eigenvalue weighted by molar-refractivity contribution is 5.96. The summed E-state index contributed by atoms with van der Waals surface area (Å²) in [5.74, 6) is 1.66. The van der Waals surface area contributed by atoms with Crippen LogP contribution < -0.4 is 15.8 Å². The van der Waals surface area contributed by atoms with Crippen LogP contribution in [0.1, 0.15) is 36.5 Å². The molecular weight excluding hydrogens is 252 g/mol. The van der Waals surface area contributed by atoms with Gasteiger partial charge in [-0.05, 0) is 50.3 Å². The molecule has 0 heterocycles. The molecule has 0 spiro atoms. The van der Waals surface area contributed by atoms with Crippen molar-refractivity contribution in [2.24, 2.45) is 17.6 Å². The summed E-state index contributed by atoms with van der Waals surface area (Å²) in [4.78, 5) is 12.3. The fourth-order valence-corrected chi connectivity index (χ4v) is 2.95. The molecule has 1 aromatic carbocycles. The molecule has 4 heteroatoms. The van der Waals surface area contributed by atoms with Crippen LogP contribution in [0.3, 0.4) is 0 Å². The molecule has 2 unspecified atom stereocenters. The van der Waals surface area contributed by atoms with Crippen molar-refractivity contribution in [2.45, 2.75) is 26.2 Å². The maximum atomic E-state index is 12.3. The number of benzene rings is 1. The van der Waals surface area contributed by atoms with Gasteiger partial charge in [0.15, 0.2) is 0 Å². The number of carbonyl (C=O) groups is 1. The lowest BCUT2D eigenvalue weighted by Gasteiger charge is -2.18. The summed E-state index contributed by atoms with van der Waals surface area (Å²) >= 11 is 0. The fraction of sp³-hybridized carbons (Fsp3) is 0.562. The Bertz CT molecular complexity index is 448. The average molecular weight is 276 g/mol. The average Bonchev–Trinajstić information content (AvgIpc) is 2.93. The van der Waals surface area contributed by atoms with Gasteiger partial charge in [-0.15, -0.1) is 0 Å². The molecule has 1 aromatic rings. The second kappa shape index (κ2) is 7.29. The molecule has 2 rings (SSSR count). The highest BCUT2D eigenvalue weighted by atomic mass is 16.5. The molecule has 4 nitrogen and oxygen atoms in total. The van der Waals surface area contributed by atoms with Gasteiger partial charge in [-0.25, -0.2) is 0 Å². The monoisotopic (exact) mass is 276 g/mol. The Kier molecular flexibility index (Phi) is 5.41. The van der Waals surface area contributed by atoms with E-state index < -0.39 is 0 Å². The molecule has 2 atom stereocenters. The van der Waals surface area contributed by atoms with E-state index in [1.807, 2.05) is 25.1 Å². The van der Waals surface area contributed by atoms with Crippen molar-refractivity contribution < 1.29 is 9.53 Å². The minimum absolute atomic E-state index is 0.0586. The quantitative estimate of drug-likeness (QED) is 0.837. The number of nitrogens with one attached hydrogen (secondary N) is 1. The number of rotatable bonds is 6. The van der Waals surface area contributed by atoms with Crippen LogP contribution in [0.5, 0.6) is 5.75 Å². The Morgan fingerprint density at radius 2 is 2.10 bits per heavy atom. The topological polar surface area (TPSA) is 64.3 Å². The summed E-state index contributed by atoms with van der Waals surface area (Å²) in [7, 11) is 0. The van der Waals surface area contributed by atoms with Crippen molar-refractivity contribution in [3.63, 3.8) is 0 Å². The van der Waals surface area contributed by atoms with E-state index in [9.17, 15) is 4.79 Å². The zero-order valence-electron chi connectivity index (χ0n) is 12.1. The molecule has 1 aliphatic carbocycles. The molecule has 3 N–H and O–H groups in total. The van der Waals surface area contributed by atoms with Crippen LogP contribution in [0.25, 0.3) is 0 Å². The van der Waals surface area contributed by atoms with Crippen LogP contribution in [-0.2, 0) is 0 Å². The summed E-state index contributed by atoms with van der Waals surface area (Å²) in [6, 6.07) is 7.37. The SMILES string of the molecule is CCOc1ccccc1C(=O)NCC1CCCC1CN. The van der Waals surface area contributed by atoms with E-state index in [-0.39, 0.29) is 5.91 Å². The van der Waals surface area contributed by atoms with Gasteiger partial charge in [0.1, 0.15) is 5.75 Å². The van der Waals surface area contributed by atoms with E-state index in [0.29, 0.717) is 36.3 Å². The Morgan fingerprint density at radius 1 is 1.35 bits per heavy atom. The molecule has 0 radical (unpaired) electrons. The Balaban J connectivity index is 1.95. The molecule has 0 aliphatic heterocycles. The van der Waals surface area contributed by atoms with Gasteiger partial charge in [0.25, 0.3) is 5.91 Å². The van der Waals surface area contributed by atoms with Crippen LogP contribution in [0.2, 0.25) is 0 Å². The van der Waals surface area contributed by atoms with E-state index >= 15 is 0 Å². The first-order valence-corrected chi connectivity index (χ1v) is 7.46. The van der Waals surface area contributed by atoms with Crippen molar-refractivity contribution in [1.82, 2.24) is 5.32 Å². The second-order valence-corrected chi connectivity index (χ2v) is 5.33. The largest absolute Gasteiger partial charge is 0.493 e. The zero-order valence-corrected chi connectivity index (χ0v) is 12.1. The van der Waals surface area contributed by atoms with Crippen molar-refractivity contribution in [2.75, 3.05) is 19.7 Å². The Labute approximate surface area is 120 Å². The summed E-state index contributed by atoms with van der Waals surface area (Å²) in [5.41, 5.74) is 6.38. The van der Waals surface area contributed by atoms with Crippen molar-refractivity contribution in [3.05, 3.63) is 29.8 Å². The number of ether oxygens (including phenoxy) is 1. The van der Waals surface area contributed by atoms with Crippen LogP contribution in [0.4, 0.5) is 0 Å². The number of amides is 1. The second-order valence-electron chi connectivity index (χ2n) is 5.33. The number of nitrogens with two attached hydrogens (primary N) is 1. The van der Waals surface area contributed by atoms with Gasteiger partial charge >= 0.3 is 0 Å². The minimum Gasteiger partial charge on any atom is -0.493 e. The summed E-state index contributed by atoms with van der Waals surface area (Å²) in [6.07, 6.45) is 3.57. The molecule has 1 saturated carbocycles. The number of carbonyl (C=O) groups excluding carboxylic acids is 1. The smallest absolute Gasteiger partial charge is 0.255 e. The Morgan fingerprint density at radius 3 is 2.85 bits per heavy atom. The van der Waals surface area contributed by atoms with E-state index in [4.69, 9.17) is 10.5 Å². The maximum Gasteiger partial charge on any atom is 0.255 e. The van der Waals surface area contributed by atoms with Gasteiger partial charge in [0.05, 0.1) is 12.2 Å². The van der Waals surface area contributed by atoms with Crippen LogP contribution in [-0.4, -0.2) is 25.6 Å². The summed E-state index contributed by atoms with van der Waals surface area (Å²) in [6.45, 7) is 3.90. The predicted octanol–water partition coefficient (Wildman–Crippen LogP) is 2.19. The summed E-state index contributed by atoms with van der Waals surface area (Å²) in [5, 5.41) is 3.03. The molecule has 0 aromatic heterocycles. The molecular formula is C16H24N2O2. The number of hydrogen-bond donors (Lipinski definition) is 2. The highest BCUT2D eigenvalue weighted by Gasteiger charge is 2.26. The van der Waals surface area contributed by atoms with Crippen molar-refractivity contribution in [1.29, 1.82) is 0 Å². The van der Waals surface area contributed by atoms with Crippen LogP contribution >= 0.6 is 0 Å². The van der Waals surface area contributed by atoms with E-state index in [0.717, 1.165) is 13.0 Å². The van der Waals surface area contributed by atoms with E-state index in [1.165, 1.54) is 12.8 Å². The van der Waals surface area contributed by atoms with E-state index in [1.54, 1.807) is 6.07 Å². The van der Waals surface area contributed by atoms with Crippen molar-refractivity contribution in [3.8, 4) is 5.75 Å². The molecule has 0 bridgehead atoms. The first-order chi connectivity index (χ1) is 9.76. The normalized spacial score (nSPS) is 21.7. The third-order valence-corrected chi connectivity index (χ3v) is 4.08. The zero-order chi connectivity index (χ0) is 14.4. The molecule has 110 valence electrons. The lowest BCUT2D eigenvalue weighted by molar-refractivity contribution is 0.0940. The fourth-order valence-electron chi connectivity index (χ4n) is 2.95. The van der Waals surface area contributed by atoms with E-state index in [2.05, 4.69) is 5.32 Å².